The van der Waals surface area contributed by atoms with Crippen molar-refractivity contribution < 1.29 is 19.5 Å². The summed E-state index contributed by atoms with van der Waals surface area (Å²) >= 11 is 0. The summed E-state index contributed by atoms with van der Waals surface area (Å²) in [5, 5.41) is 14.4. The lowest BCUT2D eigenvalue weighted by Crippen LogP contribution is -2.43. The van der Waals surface area contributed by atoms with Gasteiger partial charge in [-0.2, -0.15) is 0 Å². The molecule has 1 aromatic rings. The second kappa shape index (κ2) is 6.02. The van der Waals surface area contributed by atoms with Crippen molar-refractivity contribution in [2.24, 2.45) is 5.41 Å². The third-order valence-corrected chi connectivity index (χ3v) is 3.70. The molecule has 2 amide bonds. The second-order valence-electron chi connectivity index (χ2n) is 7.16. The zero-order chi connectivity index (χ0) is 17.3. The fourth-order valence-corrected chi connectivity index (χ4v) is 2.03. The van der Waals surface area contributed by atoms with E-state index in [1.54, 1.807) is 12.1 Å². The highest BCUT2D eigenvalue weighted by Crippen LogP contribution is 2.35. The molecule has 2 rings (SSSR count). The SMILES string of the molecule is CC(C)(C)CNC(=O)c1ccc(C(=O)NC2(C(=O)O)CC2)cc1. The standard InChI is InChI=1S/C17H22N2O4/c1-16(2,3)10-18-13(20)11-4-6-12(7-5-11)14(21)19-17(8-9-17)15(22)23/h4-7H,8-10H2,1-3H3,(H,18,20)(H,19,21)(H,22,23). The van der Waals surface area contributed by atoms with Crippen LogP contribution in [0.4, 0.5) is 0 Å². The Labute approximate surface area is 135 Å². The predicted octanol–water partition coefficient (Wildman–Crippen LogP) is 1.81. The van der Waals surface area contributed by atoms with E-state index in [0.717, 1.165) is 0 Å². The molecule has 124 valence electrons. The summed E-state index contributed by atoms with van der Waals surface area (Å²) < 4.78 is 0. The van der Waals surface area contributed by atoms with E-state index in [-0.39, 0.29) is 11.3 Å². The first kappa shape index (κ1) is 17.0. The van der Waals surface area contributed by atoms with Crippen LogP contribution in [-0.2, 0) is 4.79 Å². The highest BCUT2D eigenvalue weighted by molar-refractivity contribution is 6.00. The van der Waals surface area contributed by atoms with E-state index in [9.17, 15) is 14.4 Å². The van der Waals surface area contributed by atoms with Crippen molar-refractivity contribution in [2.45, 2.75) is 39.2 Å². The summed E-state index contributed by atoms with van der Waals surface area (Å²) in [5.41, 5.74) is -0.319. The second-order valence-corrected chi connectivity index (χ2v) is 7.16. The highest BCUT2D eigenvalue weighted by Gasteiger charge is 2.51. The van der Waals surface area contributed by atoms with Crippen molar-refractivity contribution in [2.75, 3.05) is 6.54 Å². The summed E-state index contributed by atoms with van der Waals surface area (Å²) in [4.78, 5) is 35.2. The fraction of sp³-hybridized carbons (Fsp3) is 0.471. The van der Waals surface area contributed by atoms with Gasteiger partial charge in [0.15, 0.2) is 0 Å². The number of carbonyl (C=O) groups is 3. The van der Waals surface area contributed by atoms with Gasteiger partial charge in [-0.15, -0.1) is 0 Å². The Bertz CT molecular complexity index is 625. The molecule has 0 unspecified atom stereocenters. The Morgan fingerprint density at radius 2 is 1.52 bits per heavy atom. The normalized spacial score (nSPS) is 15.6. The van der Waals surface area contributed by atoms with Crippen LogP contribution in [0.5, 0.6) is 0 Å². The van der Waals surface area contributed by atoms with Crippen LogP contribution in [0.15, 0.2) is 24.3 Å². The molecular formula is C17H22N2O4. The predicted molar refractivity (Wildman–Crippen MR) is 85.3 cm³/mol. The van der Waals surface area contributed by atoms with E-state index in [0.29, 0.717) is 30.5 Å². The molecule has 1 aromatic carbocycles. The van der Waals surface area contributed by atoms with Crippen LogP contribution in [-0.4, -0.2) is 35.0 Å². The Morgan fingerprint density at radius 3 is 1.91 bits per heavy atom. The fourth-order valence-electron chi connectivity index (χ4n) is 2.03. The average molecular weight is 318 g/mol. The van der Waals surface area contributed by atoms with Gasteiger partial charge in [-0.3, -0.25) is 9.59 Å². The zero-order valence-corrected chi connectivity index (χ0v) is 13.6. The van der Waals surface area contributed by atoms with Crippen molar-refractivity contribution in [3.05, 3.63) is 35.4 Å². The lowest BCUT2D eigenvalue weighted by atomic mass is 9.97. The number of amides is 2. The minimum Gasteiger partial charge on any atom is -0.480 e. The number of aliphatic carboxylic acids is 1. The molecule has 0 aliphatic heterocycles. The molecule has 3 N–H and O–H groups in total. The van der Waals surface area contributed by atoms with Crippen LogP contribution in [0, 0.1) is 5.41 Å². The number of carboxylic acid groups (broad SMARTS) is 1. The van der Waals surface area contributed by atoms with Crippen molar-refractivity contribution >= 4 is 17.8 Å². The molecule has 1 aliphatic carbocycles. The van der Waals surface area contributed by atoms with Gasteiger partial charge in [0.25, 0.3) is 11.8 Å². The van der Waals surface area contributed by atoms with Gasteiger partial charge in [0.05, 0.1) is 0 Å². The molecule has 6 heteroatoms. The molecule has 0 spiro atoms. The third-order valence-electron chi connectivity index (χ3n) is 3.70. The van der Waals surface area contributed by atoms with E-state index >= 15 is 0 Å². The Hall–Kier alpha value is -2.37. The molecule has 0 aromatic heterocycles. The summed E-state index contributed by atoms with van der Waals surface area (Å²) in [6, 6.07) is 6.18. The topological polar surface area (TPSA) is 95.5 Å². The summed E-state index contributed by atoms with van der Waals surface area (Å²) in [5.74, 6) is -1.65. The maximum Gasteiger partial charge on any atom is 0.329 e. The molecular weight excluding hydrogens is 296 g/mol. The van der Waals surface area contributed by atoms with Crippen molar-refractivity contribution in [1.29, 1.82) is 0 Å². The molecule has 23 heavy (non-hydrogen) atoms. The lowest BCUT2D eigenvalue weighted by molar-refractivity contribution is -0.140. The Kier molecular flexibility index (Phi) is 4.45. The summed E-state index contributed by atoms with van der Waals surface area (Å²) in [7, 11) is 0. The van der Waals surface area contributed by atoms with Crippen LogP contribution in [0.2, 0.25) is 0 Å². The maximum atomic E-state index is 12.1. The maximum absolute atomic E-state index is 12.1. The molecule has 0 atom stereocenters. The van der Waals surface area contributed by atoms with E-state index in [1.807, 2.05) is 20.8 Å². The van der Waals surface area contributed by atoms with Gasteiger partial charge in [0.2, 0.25) is 0 Å². The van der Waals surface area contributed by atoms with Gasteiger partial charge in [0, 0.05) is 17.7 Å². The monoisotopic (exact) mass is 318 g/mol. The largest absolute Gasteiger partial charge is 0.480 e. The minimum absolute atomic E-state index is 0.00903. The average Bonchev–Trinajstić information content (AvgIpc) is 3.25. The molecule has 0 heterocycles. The quantitative estimate of drug-likeness (QED) is 0.771. The number of benzene rings is 1. The number of hydrogen-bond donors (Lipinski definition) is 3. The first-order valence-electron chi connectivity index (χ1n) is 7.57. The third kappa shape index (κ3) is 4.31. The molecule has 0 saturated heterocycles. The van der Waals surface area contributed by atoms with Crippen LogP contribution in [0.3, 0.4) is 0 Å². The molecule has 1 fully saturated rings. The first-order chi connectivity index (χ1) is 10.6. The number of carboxylic acids is 1. The molecule has 6 nitrogen and oxygen atoms in total. The van der Waals surface area contributed by atoms with Crippen LogP contribution >= 0.6 is 0 Å². The zero-order valence-electron chi connectivity index (χ0n) is 13.6. The molecule has 0 bridgehead atoms. The van der Waals surface area contributed by atoms with Gasteiger partial charge < -0.3 is 15.7 Å². The molecule has 1 saturated carbocycles. The summed E-state index contributed by atoms with van der Waals surface area (Å²) in [6.45, 7) is 6.62. The number of rotatable bonds is 5. The van der Waals surface area contributed by atoms with Crippen molar-refractivity contribution in [3.63, 3.8) is 0 Å². The number of hydrogen-bond acceptors (Lipinski definition) is 3. The van der Waals surface area contributed by atoms with Gasteiger partial charge >= 0.3 is 5.97 Å². The smallest absolute Gasteiger partial charge is 0.329 e. The van der Waals surface area contributed by atoms with Gasteiger partial charge in [-0.05, 0) is 42.5 Å². The van der Waals surface area contributed by atoms with Gasteiger partial charge in [-0.25, -0.2) is 4.79 Å². The molecule has 1 aliphatic rings. The van der Waals surface area contributed by atoms with Gasteiger partial charge in [0.1, 0.15) is 5.54 Å². The van der Waals surface area contributed by atoms with Crippen molar-refractivity contribution in [1.82, 2.24) is 10.6 Å². The van der Waals surface area contributed by atoms with E-state index < -0.39 is 17.4 Å². The van der Waals surface area contributed by atoms with E-state index in [2.05, 4.69) is 10.6 Å². The Balaban J connectivity index is 1.98. The van der Waals surface area contributed by atoms with Gasteiger partial charge in [-0.1, -0.05) is 20.8 Å². The lowest BCUT2D eigenvalue weighted by Gasteiger charge is -2.18. The van der Waals surface area contributed by atoms with Crippen LogP contribution < -0.4 is 10.6 Å². The van der Waals surface area contributed by atoms with E-state index in [4.69, 9.17) is 5.11 Å². The minimum atomic E-state index is -1.11. The summed E-state index contributed by atoms with van der Waals surface area (Å²) in [6.07, 6.45) is 0.892. The van der Waals surface area contributed by atoms with Crippen molar-refractivity contribution in [3.8, 4) is 0 Å². The number of carbonyl (C=O) groups excluding carboxylic acids is 2. The van der Waals surface area contributed by atoms with Crippen LogP contribution in [0.1, 0.15) is 54.3 Å². The van der Waals surface area contributed by atoms with E-state index in [1.165, 1.54) is 12.1 Å². The highest BCUT2D eigenvalue weighted by atomic mass is 16.4. The number of nitrogens with one attached hydrogen (secondary N) is 2. The molecule has 0 radical (unpaired) electrons. The van der Waals surface area contributed by atoms with Crippen LogP contribution in [0.25, 0.3) is 0 Å². The first-order valence-corrected chi connectivity index (χ1v) is 7.57. The Morgan fingerprint density at radius 1 is 1.04 bits per heavy atom.